The Morgan fingerprint density at radius 3 is 2.55 bits per heavy atom. The molecule has 0 bridgehead atoms. The molecule has 0 aromatic heterocycles. The fourth-order valence-corrected chi connectivity index (χ4v) is 5.31. The van der Waals surface area contributed by atoms with Crippen LogP contribution in [-0.4, -0.2) is 29.7 Å². The molecule has 1 aliphatic heterocycles. The van der Waals surface area contributed by atoms with Gasteiger partial charge in [0.1, 0.15) is 11.8 Å². The highest BCUT2D eigenvalue weighted by Gasteiger charge is 2.53. The van der Waals surface area contributed by atoms with E-state index in [4.69, 9.17) is 23.2 Å². The number of nitrogens with zero attached hydrogens (tertiary/aromatic N) is 1. The molecule has 1 heterocycles. The minimum Gasteiger partial charge on any atom is -0.324 e. The Morgan fingerprint density at radius 1 is 1.07 bits per heavy atom. The van der Waals surface area contributed by atoms with Crippen molar-refractivity contribution in [2.75, 3.05) is 11.9 Å². The van der Waals surface area contributed by atoms with E-state index in [9.17, 15) is 9.59 Å². The van der Waals surface area contributed by atoms with Gasteiger partial charge in [0.15, 0.2) is 0 Å². The molecule has 152 valence electrons. The number of halogens is 2. The standard InChI is InChI=1S/C23H24Cl2N2O2/c24-17-6-4-5-16(13-17)15-23(27(11-12-28)19-7-2-1-3-8-19)20-10-9-18(25)14-21(20)26-22(23)29/h4-6,9-10,12-14,19H,1-3,7-8,11,15H2,(H,26,29). The minimum atomic E-state index is -0.965. The number of aldehydes is 1. The Bertz CT molecular complexity index is 927. The number of benzene rings is 2. The molecule has 4 nitrogen and oxygen atoms in total. The van der Waals surface area contributed by atoms with E-state index in [0.29, 0.717) is 16.5 Å². The second-order valence-corrected chi connectivity index (χ2v) is 8.79. The molecule has 1 atom stereocenters. The Hall–Kier alpha value is -1.88. The minimum absolute atomic E-state index is 0.109. The maximum atomic E-state index is 13.6. The Morgan fingerprint density at radius 2 is 1.83 bits per heavy atom. The Balaban J connectivity index is 1.87. The molecule has 0 spiro atoms. The summed E-state index contributed by atoms with van der Waals surface area (Å²) in [6.07, 6.45) is 6.76. The second kappa shape index (κ2) is 8.47. The number of hydrogen-bond acceptors (Lipinski definition) is 3. The third kappa shape index (κ3) is 3.81. The molecule has 1 amide bonds. The first kappa shape index (κ1) is 20.4. The number of carbonyl (C=O) groups excluding carboxylic acids is 2. The Labute approximate surface area is 181 Å². The van der Waals surface area contributed by atoms with E-state index >= 15 is 0 Å². The lowest BCUT2D eigenvalue weighted by Crippen LogP contribution is -2.57. The number of amides is 1. The van der Waals surface area contributed by atoms with Gasteiger partial charge in [-0.2, -0.15) is 0 Å². The van der Waals surface area contributed by atoms with E-state index in [-0.39, 0.29) is 18.5 Å². The van der Waals surface area contributed by atoms with Crippen LogP contribution in [0.25, 0.3) is 0 Å². The fraction of sp³-hybridized carbons (Fsp3) is 0.391. The first-order valence-corrected chi connectivity index (χ1v) is 10.9. The largest absolute Gasteiger partial charge is 0.324 e. The second-order valence-electron chi connectivity index (χ2n) is 7.92. The van der Waals surface area contributed by atoms with Gasteiger partial charge in [-0.1, -0.05) is 60.7 Å². The predicted octanol–water partition coefficient (Wildman–Crippen LogP) is 5.22. The van der Waals surface area contributed by atoms with Gasteiger partial charge in [0.25, 0.3) is 0 Å². The maximum Gasteiger partial charge on any atom is 0.249 e. The molecule has 2 aromatic rings. The van der Waals surface area contributed by atoms with Gasteiger partial charge in [0, 0.05) is 33.8 Å². The maximum absolute atomic E-state index is 13.6. The molecule has 1 aliphatic carbocycles. The summed E-state index contributed by atoms with van der Waals surface area (Å²) in [7, 11) is 0. The lowest BCUT2D eigenvalue weighted by Gasteiger charge is -2.45. The zero-order valence-corrected chi connectivity index (χ0v) is 17.7. The van der Waals surface area contributed by atoms with E-state index < -0.39 is 5.54 Å². The van der Waals surface area contributed by atoms with Gasteiger partial charge >= 0.3 is 0 Å². The van der Waals surface area contributed by atoms with Crippen molar-refractivity contribution in [3.05, 3.63) is 63.6 Å². The molecule has 1 fully saturated rings. The zero-order valence-electron chi connectivity index (χ0n) is 16.2. The highest BCUT2D eigenvalue weighted by Crippen LogP contribution is 2.46. The fourth-order valence-electron chi connectivity index (χ4n) is 4.92. The third-order valence-corrected chi connectivity index (χ3v) is 6.65. The smallest absolute Gasteiger partial charge is 0.249 e. The molecule has 1 saturated carbocycles. The van der Waals surface area contributed by atoms with Crippen molar-refractivity contribution in [2.45, 2.75) is 50.1 Å². The summed E-state index contributed by atoms with van der Waals surface area (Å²) in [5.74, 6) is -0.109. The van der Waals surface area contributed by atoms with Gasteiger partial charge in [-0.25, -0.2) is 0 Å². The summed E-state index contributed by atoms with van der Waals surface area (Å²) in [5, 5.41) is 4.23. The molecule has 6 heteroatoms. The van der Waals surface area contributed by atoms with Crippen molar-refractivity contribution in [2.24, 2.45) is 0 Å². The zero-order chi connectivity index (χ0) is 20.4. The average molecular weight is 431 g/mol. The lowest BCUT2D eigenvalue weighted by molar-refractivity contribution is -0.131. The molecule has 29 heavy (non-hydrogen) atoms. The molecule has 2 aliphatic rings. The molecule has 0 radical (unpaired) electrons. The summed E-state index contributed by atoms with van der Waals surface area (Å²) in [4.78, 5) is 27.4. The van der Waals surface area contributed by atoms with Crippen LogP contribution in [0.3, 0.4) is 0 Å². The monoisotopic (exact) mass is 430 g/mol. The van der Waals surface area contributed by atoms with Crippen molar-refractivity contribution < 1.29 is 9.59 Å². The van der Waals surface area contributed by atoms with Crippen LogP contribution in [0, 0.1) is 0 Å². The van der Waals surface area contributed by atoms with Crippen LogP contribution in [0.2, 0.25) is 10.0 Å². The number of rotatable bonds is 6. The molecule has 4 rings (SSSR count). The summed E-state index contributed by atoms with van der Waals surface area (Å²) in [5.41, 5.74) is 1.59. The van der Waals surface area contributed by atoms with E-state index in [0.717, 1.165) is 48.8 Å². The van der Waals surface area contributed by atoms with Crippen LogP contribution in [0.15, 0.2) is 42.5 Å². The number of nitrogens with one attached hydrogen (secondary N) is 1. The van der Waals surface area contributed by atoms with E-state index in [1.807, 2.05) is 36.4 Å². The Kier molecular flexibility index (Phi) is 5.95. The lowest BCUT2D eigenvalue weighted by atomic mass is 9.80. The van der Waals surface area contributed by atoms with Crippen LogP contribution >= 0.6 is 23.2 Å². The summed E-state index contributed by atoms with van der Waals surface area (Å²) >= 11 is 12.4. The van der Waals surface area contributed by atoms with Crippen LogP contribution in [0.1, 0.15) is 43.2 Å². The van der Waals surface area contributed by atoms with Crippen molar-refractivity contribution >= 4 is 41.1 Å². The van der Waals surface area contributed by atoms with Crippen molar-refractivity contribution in [3.8, 4) is 0 Å². The molecular formula is C23H24Cl2N2O2. The van der Waals surface area contributed by atoms with Gasteiger partial charge in [0.05, 0.1) is 6.54 Å². The molecule has 0 saturated heterocycles. The van der Waals surface area contributed by atoms with Crippen LogP contribution in [-0.2, 0) is 21.5 Å². The normalized spacial score (nSPS) is 21.8. The van der Waals surface area contributed by atoms with Crippen LogP contribution in [0.4, 0.5) is 5.69 Å². The van der Waals surface area contributed by atoms with Crippen LogP contribution in [0.5, 0.6) is 0 Å². The van der Waals surface area contributed by atoms with Crippen molar-refractivity contribution in [1.82, 2.24) is 4.90 Å². The third-order valence-electron chi connectivity index (χ3n) is 6.18. The van der Waals surface area contributed by atoms with Gasteiger partial charge in [0.2, 0.25) is 5.91 Å². The molecule has 1 unspecified atom stereocenters. The summed E-state index contributed by atoms with van der Waals surface area (Å²) in [6.45, 7) is 0.209. The van der Waals surface area contributed by atoms with E-state index in [2.05, 4.69) is 10.2 Å². The van der Waals surface area contributed by atoms with Gasteiger partial charge in [-0.05, 0) is 42.7 Å². The molecule has 2 aromatic carbocycles. The number of carbonyl (C=O) groups is 2. The predicted molar refractivity (Wildman–Crippen MR) is 117 cm³/mol. The van der Waals surface area contributed by atoms with E-state index in [1.165, 1.54) is 6.42 Å². The van der Waals surface area contributed by atoms with Gasteiger partial charge in [-0.15, -0.1) is 0 Å². The molecular weight excluding hydrogens is 407 g/mol. The highest BCUT2D eigenvalue weighted by molar-refractivity contribution is 6.31. The summed E-state index contributed by atoms with van der Waals surface area (Å²) in [6, 6.07) is 13.3. The van der Waals surface area contributed by atoms with Crippen molar-refractivity contribution in [1.29, 1.82) is 0 Å². The van der Waals surface area contributed by atoms with Gasteiger partial charge < -0.3 is 10.1 Å². The highest BCUT2D eigenvalue weighted by atomic mass is 35.5. The SMILES string of the molecule is O=CCN(C1CCCCC1)C1(Cc2cccc(Cl)c2)C(=O)Nc2cc(Cl)ccc21. The van der Waals surface area contributed by atoms with E-state index in [1.54, 1.807) is 6.07 Å². The van der Waals surface area contributed by atoms with Crippen molar-refractivity contribution in [3.63, 3.8) is 0 Å². The van der Waals surface area contributed by atoms with Gasteiger partial charge in [-0.3, -0.25) is 9.69 Å². The number of anilines is 1. The number of hydrogen-bond donors (Lipinski definition) is 1. The quantitative estimate of drug-likeness (QED) is 0.639. The topological polar surface area (TPSA) is 49.4 Å². The first-order chi connectivity index (χ1) is 14.0. The average Bonchev–Trinajstić information content (AvgIpc) is 2.98. The summed E-state index contributed by atoms with van der Waals surface area (Å²) < 4.78 is 0. The number of fused-ring (bicyclic) bond motifs is 1. The first-order valence-electron chi connectivity index (χ1n) is 10.1. The molecule has 1 N–H and O–H groups in total. The van der Waals surface area contributed by atoms with Crippen LogP contribution < -0.4 is 5.32 Å².